The zero-order chi connectivity index (χ0) is 33.0. The Morgan fingerprint density at radius 2 is 1.13 bits per heavy atom. The van der Waals surface area contributed by atoms with Gasteiger partial charge in [-0.05, 0) is 28.4 Å². The Morgan fingerprint density at radius 3 is 1.55 bits per heavy atom. The summed E-state index contributed by atoms with van der Waals surface area (Å²) in [6.07, 6.45) is 1.03. The monoisotopic (exact) mass is 828 g/mol. The van der Waals surface area contributed by atoms with Crippen LogP contribution in [0.2, 0.25) is 0 Å². The molecule has 1 aliphatic carbocycles. The summed E-state index contributed by atoms with van der Waals surface area (Å²) in [7, 11) is 0. The fraction of sp³-hybridized carbons (Fsp3) is 0.318. The second kappa shape index (κ2) is 16.8. The van der Waals surface area contributed by atoms with Crippen LogP contribution in [0.15, 0.2) is 109 Å². The van der Waals surface area contributed by atoms with Crippen molar-refractivity contribution in [2.75, 3.05) is 0 Å². The molecule has 5 aromatic rings. The second-order valence-electron chi connectivity index (χ2n) is 15.3. The van der Waals surface area contributed by atoms with E-state index >= 15 is 0 Å². The van der Waals surface area contributed by atoms with Gasteiger partial charge in [0.15, 0.2) is 0 Å². The van der Waals surface area contributed by atoms with Crippen LogP contribution >= 0.6 is 0 Å². The van der Waals surface area contributed by atoms with Crippen LogP contribution in [0.4, 0.5) is 0 Å². The minimum atomic E-state index is 0. The van der Waals surface area contributed by atoms with Gasteiger partial charge >= 0.3 is 98.9 Å². The third-order valence-corrected chi connectivity index (χ3v) is 10.4. The normalized spacial score (nSPS) is 11.7. The number of aryl methyl sites for hydroxylation is 1. The van der Waals surface area contributed by atoms with Crippen LogP contribution in [0.1, 0.15) is 107 Å². The summed E-state index contributed by atoms with van der Waals surface area (Å²) in [5.41, 5.74) is 14.5. The Balaban J connectivity index is 0.000000258. The zero-order valence-corrected chi connectivity index (χ0v) is 35.0. The molecule has 1 aliphatic rings. The van der Waals surface area contributed by atoms with Gasteiger partial charge in [-0.25, -0.2) is 6.07 Å². The van der Waals surface area contributed by atoms with Crippen molar-refractivity contribution in [1.29, 1.82) is 0 Å². The third-order valence-electron chi connectivity index (χ3n) is 8.36. The molecule has 0 radical (unpaired) electrons. The van der Waals surface area contributed by atoms with Crippen molar-refractivity contribution in [2.45, 2.75) is 91.9 Å². The molecule has 0 aliphatic heterocycles. The van der Waals surface area contributed by atoms with E-state index in [1.807, 2.05) is 0 Å². The van der Waals surface area contributed by atoms with Gasteiger partial charge < -0.3 is 24.8 Å². The van der Waals surface area contributed by atoms with Crippen LogP contribution in [0.25, 0.3) is 11.1 Å². The molecule has 47 heavy (non-hydrogen) atoms. The number of halogens is 2. The Labute approximate surface area is 312 Å². The molecule has 0 bridgehead atoms. The molecule has 0 unspecified atom stereocenters. The molecule has 246 valence electrons. The Morgan fingerprint density at radius 1 is 0.617 bits per heavy atom. The van der Waals surface area contributed by atoms with Crippen molar-refractivity contribution < 1.29 is 48.7 Å². The molecule has 0 aromatic heterocycles. The van der Waals surface area contributed by atoms with Crippen molar-refractivity contribution in [3.05, 3.63) is 160 Å². The summed E-state index contributed by atoms with van der Waals surface area (Å²) in [6, 6.07) is 43.0. The maximum absolute atomic E-state index is 3.67. The Bertz CT molecular complexity index is 1620. The van der Waals surface area contributed by atoms with Gasteiger partial charge in [-0.2, -0.15) is 47.0 Å². The van der Waals surface area contributed by atoms with Crippen molar-refractivity contribution in [1.82, 2.24) is 0 Å². The standard InChI is InChI=1S/C21H25.C13H10.C10H15.2ClH.Hf/c1-20(2,3)16-7-9-18-14(12-16)11-15-13-17(21(4,5)6)8-10-19(15)18;1-3-7-12(8-4-1)11-13-9-5-2-6-10-13;1-8-5-6-9(7-8)10(2,3)4;;;/h7-10,12H,11H2,1-6H3;1-10H;5-7H,1-4H3;2*1H;/q-1;;-1;;;+2/p-2. The van der Waals surface area contributed by atoms with Crippen LogP contribution < -0.4 is 24.8 Å². The van der Waals surface area contributed by atoms with Gasteiger partial charge in [0, 0.05) is 0 Å². The molecule has 0 nitrogen and oxygen atoms in total. The van der Waals surface area contributed by atoms with Gasteiger partial charge in [0.05, 0.1) is 0 Å². The number of hydrogen-bond donors (Lipinski definition) is 0. The molecule has 0 N–H and O–H groups in total. The van der Waals surface area contributed by atoms with Gasteiger partial charge in [-0.15, -0.1) is 11.1 Å². The van der Waals surface area contributed by atoms with Gasteiger partial charge in [0.2, 0.25) is 0 Å². The van der Waals surface area contributed by atoms with E-state index in [-0.39, 0.29) is 35.6 Å². The third kappa shape index (κ3) is 11.0. The van der Waals surface area contributed by atoms with Crippen LogP contribution in [0.5, 0.6) is 0 Å². The van der Waals surface area contributed by atoms with E-state index in [0.29, 0.717) is 5.41 Å². The fourth-order valence-electron chi connectivity index (χ4n) is 5.43. The molecule has 0 amide bonds. The van der Waals surface area contributed by atoms with Crippen molar-refractivity contribution in [2.24, 2.45) is 0 Å². The molecule has 0 heterocycles. The van der Waals surface area contributed by atoms with E-state index in [2.05, 4.69) is 184 Å². The molecule has 5 aromatic carbocycles. The van der Waals surface area contributed by atoms with Crippen molar-refractivity contribution >= 4 is 3.26 Å². The first kappa shape index (κ1) is 40.7. The van der Waals surface area contributed by atoms with Gasteiger partial charge in [0.25, 0.3) is 0 Å². The van der Waals surface area contributed by atoms with Crippen LogP contribution in [0.3, 0.4) is 0 Å². The van der Waals surface area contributed by atoms with Crippen molar-refractivity contribution in [3.63, 3.8) is 0 Å². The molecular weight excluding hydrogens is 778 g/mol. The number of fused-ring (bicyclic) bond motifs is 3. The van der Waals surface area contributed by atoms with Gasteiger partial charge in [-0.3, -0.25) is 0 Å². The Kier molecular flexibility index (Phi) is 14.5. The summed E-state index contributed by atoms with van der Waals surface area (Å²) < 4.78 is 1.46. The second-order valence-corrected chi connectivity index (χ2v) is 17.1. The number of rotatable bonds is 2. The summed E-state index contributed by atoms with van der Waals surface area (Å²) in [5, 5.41) is 0. The molecule has 0 fully saturated rings. The minimum absolute atomic E-state index is 0. The summed E-state index contributed by atoms with van der Waals surface area (Å²) in [5.74, 6) is 0. The van der Waals surface area contributed by atoms with Gasteiger partial charge in [-0.1, -0.05) is 98.4 Å². The first-order chi connectivity index (χ1) is 21.0. The number of hydrogen-bond acceptors (Lipinski definition) is 0. The van der Waals surface area contributed by atoms with E-state index in [1.54, 1.807) is 0 Å². The SMILES string of the molecule is CC(C)(C)c1[c-]c2c(cc1)-c1ccc(C(C)(C)C)cc1C2.Cc1cc(C(C)(C)C)c[cH-]1.[Cl-].[Cl-].[Hf+2]=[C](c1ccccc1)c1ccccc1. The first-order valence-electron chi connectivity index (χ1n) is 16.2. The predicted molar refractivity (Wildman–Crippen MR) is 192 cm³/mol. The van der Waals surface area contributed by atoms with E-state index < -0.39 is 0 Å². The van der Waals surface area contributed by atoms with Crippen LogP contribution in [-0.2, 0) is 46.6 Å². The summed E-state index contributed by atoms with van der Waals surface area (Å²) >= 11 is 1.08. The fourth-order valence-corrected chi connectivity index (χ4v) is 6.63. The van der Waals surface area contributed by atoms with Gasteiger partial charge in [0.1, 0.15) is 0 Å². The quantitative estimate of drug-likeness (QED) is 0.161. The summed E-state index contributed by atoms with van der Waals surface area (Å²) in [4.78, 5) is 0. The van der Waals surface area contributed by atoms with Crippen molar-refractivity contribution in [3.8, 4) is 11.1 Å². The van der Waals surface area contributed by atoms with Crippen LogP contribution in [0, 0.1) is 13.0 Å². The molecule has 6 rings (SSSR count). The van der Waals surface area contributed by atoms with E-state index in [9.17, 15) is 0 Å². The zero-order valence-electron chi connectivity index (χ0n) is 29.9. The van der Waals surface area contributed by atoms with E-state index in [4.69, 9.17) is 0 Å². The van der Waals surface area contributed by atoms with E-state index in [0.717, 1.165) is 30.3 Å². The molecule has 0 atom stereocenters. The predicted octanol–water partition coefficient (Wildman–Crippen LogP) is 5.47. The maximum atomic E-state index is 3.67. The average Bonchev–Trinajstić information content (AvgIpc) is 3.60. The molecule has 0 saturated heterocycles. The van der Waals surface area contributed by atoms with E-state index in [1.165, 1.54) is 58.9 Å². The Hall–Kier alpha value is -2.45. The first-order valence-corrected chi connectivity index (χ1v) is 18.0. The topological polar surface area (TPSA) is 0 Å². The molecule has 3 heteroatoms. The molecule has 0 saturated carbocycles. The molecule has 0 spiro atoms. The molecular formula is C44H50Cl2Hf-2. The average molecular weight is 828 g/mol. The number of benzene rings is 4. The van der Waals surface area contributed by atoms with Crippen LogP contribution in [-0.4, -0.2) is 3.26 Å². The summed E-state index contributed by atoms with van der Waals surface area (Å²) in [6.45, 7) is 22.4.